The molecular weight excluding hydrogens is 368 g/mol. The lowest BCUT2D eigenvalue weighted by Gasteiger charge is -2.20. The van der Waals surface area contributed by atoms with Gasteiger partial charge in [0, 0.05) is 0 Å². The van der Waals surface area contributed by atoms with E-state index in [1.54, 1.807) is 31.2 Å². The van der Waals surface area contributed by atoms with Gasteiger partial charge in [-0.25, -0.2) is 8.42 Å². The van der Waals surface area contributed by atoms with Crippen molar-refractivity contribution in [3.05, 3.63) is 47.9 Å². The first kappa shape index (κ1) is 21.0. The monoisotopic (exact) mass is 394 g/mol. The van der Waals surface area contributed by atoms with E-state index < -0.39 is 22.0 Å². The Balaban J connectivity index is 2.17. The Morgan fingerprint density at radius 1 is 1.26 bits per heavy atom. The molecule has 0 saturated heterocycles. The van der Waals surface area contributed by atoms with Crippen LogP contribution in [0.4, 0.5) is 0 Å². The number of nitrogens with one attached hydrogen (secondary N) is 2. The molecule has 2 aromatic rings. The molecular formula is C19H26N2O5S. The van der Waals surface area contributed by atoms with Gasteiger partial charge in [0.15, 0.2) is 0 Å². The molecule has 0 aliphatic rings. The van der Waals surface area contributed by atoms with Gasteiger partial charge >= 0.3 is 0 Å². The number of sulfonamides is 1. The molecule has 1 heterocycles. The van der Waals surface area contributed by atoms with Gasteiger partial charge in [-0.05, 0) is 55.2 Å². The summed E-state index contributed by atoms with van der Waals surface area (Å²) in [4.78, 5) is 12.7. The Bertz CT molecular complexity index is 860. The van der Waals surface area contributed by atoms with E-state index in [2.05, 4.69) is 10.0 Å². The predicted molar refractivity (Wildman–Crippen MR) is 102 cm³/mol. The Morgan fingerprint density at radius 3 is 2.56 bits per heavy atom. The van der Waals surface area contributed by atoms with Gasteiger partial charge in [-0.3, -0.25) is 4.79 Å². The Hall–Kier alpha value is -2.32. The molecule has 0 unspecified atom stereocenters. The molecule has 1 aromatic carbocycles. The molecule has 8 heteroatoms. The van der Waals surface area contributed by atoms with Gasteiger partial charge in [0.1, 0.15) is 17.6 Å². The summed E-state index contributed by atoms with van der Waals surface area (Å²) in [7, 11) is -2.35. The maximum Gasteiger partial charge on any atom is 0.241 e. The van der Waals surface area contributed by atoms with Crippen molar-refractivity contribution in [2.75, 3.05) is 7.11 Å². The molecule has 2 N–H and O–H groups in total. The van der Waals surface area contributed by atoms with Crippen LogP contribution in [0.15, 0.2) is 45.9 Å². The molecule has 2 rings (SSSR count). The number of hydrogen-bond donors (Lipinski definition) is 2. The number of amides is 1. The highest BCUT2D eigenvalue weighted by Gasteiger charge is 2.27. The average Bonchev–Trinajstić information content (AvgIpc) is 3.11. The van der Waals surface area contributed by atoms with E-state index in [9.17, 15) is 13.2 Å². The van der Waals surface area contributed by atoms with Crippen molar-refractivity contribution >= 4 is 15.9 Å². The standard InChI is InChI=1S/C19H26N2O5S/c1-13(2)10-17(19(22)20-12-16-6-5-9-26-16)21-27(23,24)18-8-7-15(25-4)11-14(18)3/h5-9,11,13,17,21H,10,12H2,1-4H3,(H,20,22)/t17-/m0/s1. The fourth-order valence-corrected chi connectivity index (χ4v) is 4.13. The Kier molecular flexibility index (Phi) is 7.04. The van der Waals surface area contributed by atoms with Gasteiger partial charge in [0.05, 0.1) is 24.8 Å². The minimum absolute atomic E-state index is 0.121. The molecule has 1 aromatic heterocycles. The third-order valence-electron chi connectivity index (χ3n) is 4.01. The number of hydrogen-bond acceptors (Lipinski definition) is 5. The zero-order valence-corrected chi connectivity index (χ0v) is 16.8. The van der Waals surface area contributed by atoms with Crippen molar-refractivity contribution < 1.29 is 22.4 Å². The van der Waals surface area contributed by atoms with Crippen LogP contribution in [0.2, 0.25) is 0 Å². The number of carbonyl (C=O) groups is 1. The predicted octanol–water partition coefficient (Wildman–Crippen LogP) is 2.61. The van der Waals surface area contributed by atoms with Gasteiger partial charge in [0.2, 0.25) is 15.9 Å². The fraction of sp³-hybridized carbons (Fsp3) is 0.421. The van der Waals surface area contributed by atoms with Crippen LogP contribution in [-0.4, -0.2) is 27.5 Å². The first-order chi connectivity index (χ1) is 12.7. The number of methoxy groups -OCH3 is 1. The Morgan fingerprint density at radius 2 is 2.00 bits per heavy atom. The number of rotatable bonds is 9. The summed E-state index contributed by atoms with van der Waals surface area (Å²) in [6.07, 6.45) is 1.89. The van der Waals surface area contributed by atoms with Crippen LogP contribution >= 0.6 is 0 Å². The average molecular weight is 394 g/mol. The number of benzene rings is 1. The van der Waals surface area contributed by atoms with Crippen molar-refractivity contribution in [2.45, 2.75) is 44.7 Å². The van der Waals surface area contributed by atoms with E-state index in [4.69, 9.17) is 9.15 Å². The molecule has 148 valence electrons. The molecule has 0 radical (unpaired) electrons. The van der Waals surface area contributed by atoms with Gasteiger partial charge in [-0.1, -0.05) is 13.8 Å². The maximum absolute atomic E-state index is 12.8. The second-order valence-corrected chi connectivity index (χ2v) is 8.41. The summed E-state index contributed by atoms with van der Waals surface area (Å²) in [6, 6.07) is 7.28. The van der Waals surface area contributed by atoms with Crippen LogP contribution in [-0.2, 0) is 21.4 Å². The summed E-state index contributed by atoms with van der Waals surface area (Å²) in [5, 5.41) is 2.72. The highest BCUT2D eigenvalue weighted by molar-refractivity contribution is 7.89. The first-order valence-electron chi connectivity index (χ1n) is 8.70. The minimum Gasteiger partial charge on any atom is -0.497 e. The van der Waals surface area contributed by atoms with E-state index in [1.165, 1.54) is 19.4 Å². The van der Waals surface area contributed by atoms with Crippen LogP contribution in [0.25, 0.3) is 0 Å². The second-order valence-electron chi connectivity index (χ2n) is 6.73. The van der Waals surface area contributed by atoms with Gasteiger partial charge in [-0.15, -0.1) is 0 Å². The van der Waals surface area contributed by atoms with Crippen LogP contribution < -0.4 is 14.8 Å². The van der Waals surface area contributed by atoms with Crippen molar-refractivity contribution in [2.24, 2.45) is 5.92 Å². The lowest BCUT2D eigenvalue weighted by molar-refractivity contribution is -0.123. The second kappa shape index (κ2) is 9.05. The molecule has 7 nitrogen and oxygen atoms in total. The quantitative estimate of drug-likeness (QED) is 0.681. The largest absolute Gasteiger partial charge is 0.497 e. The molecule has 0 bridgehead atoms. The third-order valence-corrected chi connectivity index (χ3v) is 5.64. The summed E-state index contributed by atoms with van der Waals surface area (Å²) in [5.41, 5.74) is 0.543. The molecule has 27 heavy (non-hydrogen) atoms. The molecule has 0 aliphatic heterocycles. The lowest BCUT2D eigenvalue weighted by atomic mass is 10.0. The highest BCUT2D eigenvalue weighted by atomic mass is 32.2. The normalized spacial score (nSPS) is 12.8. The van der Waals surface area contributed by atoms with Crippen LogP contribution in [0.5, 0.6) is 5.75 Å². The van der Waals surface area contributed by atoms with E-state index in [0.717, 1.165) is 0 Å². The van der Waals surface area contributed by atoms with Crippen molar-refractivity contribution in [1.82, 2.24) is 10.0 Å². The highest BCUT2D eigenvalue weighted by Crippen LogP contribution is 2.21. The maximum atomic E-state index is 12.8. The van der Waals surface area contributed by atoms with Gasteiger partial charge in [0.25, 0.3) is 0 Å². The Labute approximate surface area is 160 Å². The van der Waals surface area contributed by atoms with Crippen LogP contribution in [0.3, 0.4) is 0 Å². The molecule has 0 fully saturated rings. The smallest absolute Gasteiger partial charge is 0.241 e. The van der Waals surface area contributed by atoms with Crippen molar-refractivity contribution in [3.8, 4) is 5.75 Å². The van der Waals surface area contributed by atoms with Crippen LogP contribution in [0.1, 0.15) is 31.6 Å². The first-order valence-corrected chi connectivity index (χ1v) is 10.2. The van der Waals surface area contributed by atoms with E-state index in [-0.39, 0.29) is 17.4 Å². The van der Waals surface area contributed by atoms with E-state index >= 15 is 0 Å². The third kappa shape index (κ3) is 5.83. The van der Waals surface area contributed by atoms with E-state index in [1.807, 2.05) is 13.8 Å². The molecule has 0 spiro atoms. The molecule has 1 atom stereocenters. The van der Waals surface area contributed by atoms with Crippen molar-refractivity contribution in [1.29, 1.82) is 0 Å². The van der Waals surface area contributed by atoms with Crippen molar-refractivity contribution in [3.63, 3.8) is 0 Å². The summed E-state index contributed by atoms with van der Waals surface area (Å²) in [5.74, 6) is 0.903. The lowest BCUT2D eigenvalue weighted by Crippen LogP contribution is -2.47. The molecule has 0 saturated carbocycles. The van der Waals surface area contributed by atoms with Crippen LogP contribution in [0, 0.1) is 12.8 Å². The summed E-state index contributed by atoms with van der Waals surface area (Å²) >= 11 is 0. The number of aryl methyl sites for hydroxylation is 1. The SMILES string of the molecule is COc1ccc(S(=O)(=O)N[C@@H](CC(C)C)C(=O)NCc2ccco2)c(C)c1. The van der Waals surface area contributed by atoms with Gasteiger partial charge < -0.3 is 14.5 Å². The summed E-state index contributed by atoms with van der Waals surface area (Å²) < 4.78 is 38.5. The number of ether oxygens (including phenoxy) is 1. The fourth-order valence-electron chi connectivity index (χ4n) is 2.69. The zero-order chi connectivity index (χ0) is 20.0. The zero-order valence-electron chi connectivity index (χ0n) is 16.0. The topological polar surface area (TPSA) is 97.6 Å². The minimum atomic E-state index is -3.87. The number of furan rings is 1. The molecule has 0 aliphatic carbocycles. The van der Waals surface area contributed by atoms with E-state index in [0.29, 0.717) is 23.5 Å². The molecule has 1 amide bonds. The summed E-state index contributed by atoms with van der Waals surface area (Å²) in [6.45, 7) is 5.74. The number of carbonyl (C=O) groups excluding carboxylic acids is 1. The van der Waals surface area contributed by atoms with Gasteiger partial charge in [-0.2, -0.15) is 4.72 Å².